The number of aryl methyl sites for hydroxylation is 1. The van der Waals surface area contributed by atoms with Crippen molar-refractivity contribution in [2.75, 3.05) is 26.6 Å². The molecular weight excluding hydrogens is 334 g/mol. The Bertz CT molecular complexity index is 775. The zero-order valence-electron chi connectivity index (χ0n) is 15.0. The molecule has 1 amide bonds. The predicted octanol–water partition coefficient (Wildman–Crippen LogP) is 3.32. The SMILES string of the molecule is CCNC(=O)c1cccc(C)c1OCCCOc1ccc2c(c1)OCO2. The predicted molar refractivity (Wildman–Crippen MR) is 97.4 cm³/mol. The smallest absolute Gasteiger partial charge is 0.255 e. The minimum absolute atomic E-state index is 0.122. The maximum atomic E-state index is 12.1. The Balaban J connectivity index is 1.50. The number of fused-ring (bicyclic) bond motifs is 1. The van der Waals surface area contributed by atoms with Gasteiger partial charge in [0.15, 0.2) is 11.5 Å². The topological polar surface area (TPSA) is 66.0 Å². The lowest BCUT2D eigenvalue weighted by atomic mass is 10.1. The Morgan fingerprint density at radius 3 is 2.77 bits per heavy atom. The van der Waals surface area contributed by atoms with Crippen molar-refractivity contribution in [3.63, 3.8) is 0 Å². The number of ether oxygens (including phenoxy) is 4. The highest BCUT2D eigenvalue weighted by Crippen LogP contribution is 2.35. The summed E-state index contributed by atoms with van der Waals surface area (Å²) < 4.78 is 22.2. The van der Waals surface area contributed by atoms with Crippen LogP contribution in [0.2, 0.25) is 0 Å². The first-order chi connectivity index (χ1) is 12.7. The standard InChI is InChI=1S/C20H23NO5/c1-3-21-20(22)16-7-4-6-14(2)19(16)24-11-5-10-23-15-8-9-17-18(12-15)26-13-25-17/h4,6-9,12H,3,5,10-11,13H2,1-2H3,(H,21,22). The van der Waals surface area contributed by atoms with E-state index in [-0.39, 0.29) is 12.7 Å². The normalized spacial score (nSPS) is 11.9. The minimum atomic E-state index is -0.122. The quantitative estimate of drug-likeness (QED) is 0.734. The van der Waals surface area contributed by atoms with Gasteiger partial charge < -0.3 is 24.3 Å². The second-order valence-electron chi connectivity index (χ2n) is 5.88. The van der Waals surface area contributed by atoms with E-state index in [0.717, 1.165) is 17.1 Å². The maximum Gasteiger partial charge on any atom is 0.255 e. The molecule has 0 aromatic heterocycles. The van der Waals surface area contributed by atoms with E-state index in [1.165, 1.54) is 0 Å². The van der Waals surface area contributed by atoms with E-state index < -0.39 is 0 Å². The van der Waals surface area contributed by atoms with Gasteiger partial charge in [-0.05, 0) is 37.6 Å². The highest BCUT2D eigenvalue weighted by atomic mass is 16.7. The summed E-state index contributed by atoms with van der Waals surface area (Å²) in [5.41, 5.74) is 1.49. The molecule has 0 radical (unpaired) electrons. The lowest BCUT2D eigenvalue weighted by Gasteiger charge is -2.14. The summed E-state index contributed by atoms with van der Waals surface area (Å²) in [7, 11) is 0. The molecule has 0 atom stereocenters. The van der Waals surface area contributed by atoms with Gasteiger partial charge in [0.1, 0.15) is 11.5 Å². The molecule has 0 saturated carbocycles. The van der Waals surface area contributed by atoms with Gasteiger partial charge in [-0.1, -0.05) is 12.1 Å². The van der Waals surface area contributed by atoms with Gasteiger partial charge in [-0.2, -0.15) is 0 Å². The second kappa shape index (κ2) is 8.47. The Kier molecular flexibility index (Phi) is 5.84. The van der Waals surface area contributed by atoms with Gasteiger partial charge in [-0.3, -0.25) is 4.79 Å². The summed E-state index contributed by atoms with van der Waals surface area (Å²) in [4.78, 5) is 12.1. The van der Waals surface area contributed by atoms with E-state index in [1.807, 2.05) is 44.2 Å². The molecule has 26 heavy (non-hydrogen) atoms. The summed E-state index contributed by atoms with van der Waals surface area (Å²) in [6, 6.07) is 11.1. The van der Waals surface area contributed by atoms with Gasteiger partial charge in [-0.25, -0.2) is 0 Å². The molecule has 0 aliphatic carbocycles. The van der Waals surface area contributed by atoms with Crippen molar-refractivity contribution in [3.05, 3.63) is 47.5 Å². The molecule has 1 N–H and O–H groups in total. The van der Waals surface area contributed by atoms with E-state index >= 15 is 0 Å². The fourth-order valence-electron chi connectivity index (χ4n) is 2.67. The van der Waals surface area contributed by atoms with Crippen molar-refractivity contribution in [1.82, 2.24) is 5.32 Å². The molecule has 0 saturated heterocycles. The van der Waals surface area contributed by atoms with E-state index in [1.54, 1.807) is 6.07 Å². The highest BCUT2D eigenvalue weighted by Gasteiger charge is 2.15. The Labute approximate surface area is 153 Å². The maximum absolute atomic E-state index is 12.1. The molecule has 0 fully saturated rings. The third kappa shape index (κ3) is 4.20. The average Bonchev–Trinajstić information content (AvgIpc) is 3.10. The molecule has 2 aromatic carbocycles. The summed E-state index contributed by atoms with van der Waals surface area (Å²) in [6.45, 7) is 5.61. The fourth-order valence-corrected chi connectivity index (χ4v) is 2.67. The summed E-state index contributed by atoms with van der Waals surface area (Å²) in [6.07, 6.45) is 0.692. The van der Waals surface area contributed by atoms with Gasteiger partial charge in [0, 0.05) is 19.0 Å². The van der Waals surface area contributed by atoms with Crippen LogP contribution in [-0.4, -0.2) is 32.5 Å². The van der Waals surface area contributed by atoms with E-state index in [4.69, 9.17) is 18.9 Å². The first-order valence-electron chi connectivity index (χ1n) is 8.72. The Morgan fingerprint density at radius 2 is 1.92 bits per heavy atom. The van der Waals surface area contributed by atoms with E-state index in [0.29, 0.717) is 43.2 Å². The molecule has 6 heteroatoms. The molecule has 1 heterocycles. The lowest BCUT2D eigenvalue weighted by Crippen LogP contribution is -2.23. The van der Waals surface area contributed by atoms with Crippen LogP contribution < -0.4 is 24.3 Å². The van der Waals surface area contributed by atoms with Crippen molar-refractivity contribution in [2.45, 2.75) is 20.3 Å². The number of rotatable bonds is 8. The van der Waals surface area contributed by atoms with Crippen LogP contribution in [0.3, 0.4) is 0 Å². The zero-order valence-corrected chi connectivity index (χ0v) is 15.0. The molecule has 0 unspecified atom stereocenters. The van der Waals surface area contributed by atoms with Crippen LogP contribution in [0.25, 0.3) is 0 Å². The first kappa shape index (κ1) is 17.9. The van der Waals surface area contributed by atoms with Crippen LogP contribution >= 0.6 is 0 Å². The molecule has 3 rings (SSSR count). The summed E-state index contributed by atoms with van der Waals surface area (Å²) in [5.74, 6) is 2.67. The van der Waals surface area contributed by atoms with Crippen LogP contribution in [0.1, 0.15) is 29.3 Å². The third-order valence-corrected chi connectivity index (χ3v) is 3.94. The number of hydrogen-bond acceptors (Lipinski definition) is 5. The van der Waals surface area contributed by atoms with Crippen molar-refractivity contribution in [1.29, 1.82) is 0 Å². The molecule has 0 spiro atoms. The molecule has 138 valence electrons. The molecular formula is C20H23NO5. The molecule has 6 nitrogen and oxygen atoms in total. The second-order valence-corrected chi connectivity index (χ2v) is 5.88. The zero-order chi connectivity index (χ0) is 18.4. The highest BCUT2D eigenvalue weighted by molar-refractivity contribution is 5.97. The van der Waals surface area contributed by atoms with Gasteiger partial charge >= 0.3 is 0 Å². The molecule has 1 aliphatic rings. The lowest BCUT2D eigenvalue weighted by molar-refractivity contribution is 0.0951. The van der Waals surface area contributed by atoms with Crippen LogP contribution in [0.15, 0.2) is 36.4 Å². The van der Waals surface area contributed by atoms with Gasteiger partial charge in [-0.15, -0.1) is 0 Å². The van der Waals surface area contributed by atoms with Crippen LogP contribution in [0, 0.1) is 6.92 Å². The number of carbonyl (C=O) groups excluding carboxylic acids is 1. The number of carbonyl (C=O) groups is 1. The van der Waals surface area contributed by atoms with E-state index in [9.17, 15) is 4.79 Å². The summed E-state index contributed by atoms with van der Waals surface area (Å²) in [5, 5.41) is 2.81. The van der Waals surface area contributed by atoms with Crippen LogP contribution in [0.5, 0.6) is 23.0 Å². The first-order valence-corrected chi connectivity index (χ1v) is 8.72. The van der Waals surface area contributed by atoms with Crippen molar-refractivity contribution in [3.8, 4) is 23.0 Å². The van der Waals surface area contributed by atoms with Gasteiger partial charge in [0.25, 0.3) is 5.91 Å². The Morgan fingerprint density at radius 1 is 1.12 bits per heavy atom. The Hall–Kier alpha value is -2.89. The molecule has 0 bridgehead atoms. The van der Waals surface area contributed by atoms with Crippen molar-refractivity contribution >= 4 is 5.91 Å². The van der Waals surface area contributed by atoms with Crippen LogP contribution in [-0.2, 0) is 0 Å². The van der Waals surface area contributed by atoms with E-state index in [2.05, 4.69) is 5.32 Å². The number of amides is 1. The largest absolute Gasteiger partial charge is 0.493 e. The van der Waals surface area contributed by atoms with Crippen molar-refractivity contribution < 1.29 is 23.7 Å². The minimum Gasteiger partial charge on any atom is -0.493 e. The van der Waals surface area contributed by atoms with Crippen LogP contribution in [0.4, 0.5) is 0 Å². The average molecular weight is 357 g/mol. The number of hydrogen-bond donors (Lipinski definition) is 1. The fraction of sp³-hybridized carbons (Fsp3) is 0.350. The molecule has 2 aromatic rings. The number of para-hydroxylation sites is 1. The summed E-state index contributed by atoms with van der Waals surface area (Å²) >= 11 is 0. The third-order valence-electron chi connectivity index (χ3n) is 3.94. The van der Waals surface area contributed by atoms with Gasteiger partial charge in [0.05, 0.1) is 18.8 Å². The monoisotopic (exact) mass is 357 g/mol. The number of benzene rings is 2. The van der Waals surface area contributed by atoms with Gasteiger partial charge in [0.2, 0.25) is 6.79 Å². The molecule has 1 aliphatic heterocycles. The number of nitrogens with one attached hydrogen (secondary N) is 1. The van der Waals surface area contributed by atoms with Crippen molar-refractivity contribution in [2.24, 2.45) is 0 Å².